The van der Waals surface area contributed by atoms with Gasteiger partial charge >= 0.3 is 0 Å². The van der Waals surface area contributed by atoms with Gasteiger partial charge in [0.05, 0.1) is 0 Å². The Labute approximate surface area is 238 Å². The summed E-state index contributed by atoms with van der Waals surface area (Å²) >= 11 is 0. The molecule has 0 aromatic carbocycles. The van der Waals surface area contributed by atoms with Crippen molar-refractivity contribution in [1.82, 2.24) is 0 Å². The number of rotatable bonds is 7. The molecule has 0 nitrogen and oxygen atoms in total. The minimum Gasteiger partial charge on any atom is -0.0776 e. The normalized spacial score (nSPS) is 6.00. The van der Waals surface area contributed by atoms with Crippen molar-refractivity contribution in [2.45, 2.75) is 239 Å². The maximum atomic E-state index is 2.18. The fourth-order valence-corrected chi connectivity index (χ4v) is 0. The zero-order valence-electron chi connectivity index (χ0n) is 23.9. The average Bonchev–Trinajstić information content (AvgIpc) is 2.79. The monoisotopic (exact) mass is 519 g/mol. The molecule has 0 aliphatic rings. The van der Waals surface area contributed by atoms with Crippen molar-refractivity contribution in [3.8, 4) is 0 Å². The fourth-order valence-electron chi connectivity index (χ4n) is 0. The summed E-state index contributed by atoms with van der Waals surface area (Å²) in [6.45, 7) is 30.5. The van der Waals surface area contributed by atoms with E-state index >= 15 is 0 Å². The van der Waals surface area contributed by atoms with Crippen LogP contribution in [0.2, 0.25) is 0 Å². The van der Waals surface area contributed by atoms with E-state index < -0.39 is 0 Å². The second-order valence-corrected chi connectivity index (χ2v) is 7.00. The lowest BCUT2D eigenvalue weighted by Gasteiger charge is -1.68. The minimum absolute atomic E-state index is 0. The lowest BCUT2D eigenvalue weighted by atomic mass is 10.4. The third-order valence-corrected chi connectivity index (χ3v) is 3.50. The van der Waals surface area contributed by atoms with Crippen LogP contribution in [0.15, 0.2) is 0 Å². The quantitative estimate of drug-likeness (QED) is 0.314. The molecule has 0 heterocycles. The number of unbranched alkanes of at least 4 members (excludes halogenated alkanes) is 7. The van der Waals surface area contributed by atoms with Crippen molar-refractivity contribution in [2.75, 3.05) is 0 Å². The Morgan fingerprint density at radius 1 is 0.143 bits per heavy atom. The summed E-state index contributed by atoms with van der Waals surface area (Å²) in [6, 6.07) is 0. The molecule has 0 N–H and O–H groups in total. The van der Waals surface area contributed by atoms with Gasteiger partial charge in [-0.2, -0.15) is 0 Å². The Hall–Kier alpha value is 0. The predicted molar refractivity (Wildman–Crippen MR) is 191 cm³/mol. The van der Waals surface area contributed by atoms with Crippen molar-refractivity contribution < 1.29 is 0 Å². The molecule has 0 aromatic rings. The van der Waals surface area contributed by atoms with E-state index in [0.717, 1.165) is 0 Å². The van der Waals surface area contributed by atoms with E-state index in [9.17, 15) is 0 Å². The van der Waals surface area contributed by atoms with E-state index in [1.165, 1.54) is 89.9 Å². The number of hydrogen-bond donors (Lipinski definition) is 0. The molecule has 238 valence electrons. The average molecular weight is 519 g/mol. The molecule has 0 rings (SSSR count). The molecule has 0 radical (unpaired) electrons. The summed E-state index contributed by atoms with van der Waals surface area (Å²) in [5, 5.41) is 0. The SMILES string of the molecule is C.C.C.C.C.C.C.CCCC.CCCC.CCCC.CCCC.CCCC.CCCC.CCCC. The molecule has 0 fully saturated rings. The zero-order valence-corrected chi connectivity index (χ0v) is 23.9. The minimum atomic E-state index is 0. The summed E-state index contributed by atoms with van der Waals surface area (Å²) in [7, 11) is 0. The van der Waals surface area contributed by atoms with E-state index in [1.807, 2.05) is 0 Å². The molecule has 0 atom stereocenters. The van der Waals surface area contributed by atoms with Gasteiger partial charge in [-0.05, 0) is 0 Å². The standard InChI is InChI=1S/7C4H10.7CH4/c7*1-3-4-2;;;;;;;/h7*3-4H2,1-2H3;7*1H4. The summed E-state index contributed by atoms with van der Waals surface area (Å²) in [5.74, 6) is 0. The Morgan fingerprint density at radius 3 is 0.171 bits per heavy atom. The first kappa shape index (κ1) is 91.7. The largest absolute Gasteiger partial charge is 0.0776 e. The van der Waals surface area contributed by atoms with E-state index in [4.69, 9.17) is 0 Å². The molecule has 0 amide bonds. The van der Waals surface area contributed by atoms with Crippen LogP contribution in [0.4, 0.5) is 0 Å². The van der Waals surface area contributed by atoms with Crippen molar-refractivity contribution in [3.63, 3.8) is 0 Å². The van der Waals surface area contributed by atoms with Crippen LogP contribution >= 0.6 is 0 Å². The Morgan fingerprint density at radius 2 is 0.171 bits per heavy atom. The molecular weight excluding hydrogens is 420 g/mol. The van der Waals surface area contributed by atoms with Crippen LogP contribution in [0, 0.1) is 0 Å². The van der Waals surface area contributed by atoms with Gasteiger partial charge in [0.15, 0.2) is 0 Å². The first-order chi connectivity index (χ1) is 13.4. The van der Waals surface area contributed by atoms with Crippen LogP contribution in [-0.2, 0) is 0 Å². The van der Waals surface area contributed by atoms with Gasteiger partial charge in [-0.1, -0.05) is 239 Å². The van der Waals surface area contributed by atoms with E-state index in [1.54, 1.807) is 0 Å². The lowest BCUT2D eigenvalue weighted by molar-refractivity contribution is 0.886. The van der Waals surface area contributed by atoms with Crippen molar-refractivity contribution in [2.24, 2.45) is 0 Å². The molecule has 0 saturated heterocycles. The Balaban J connectivity index is -0.0000000119. The fraction of sp³-hybridized carbons (Fsp3) is 1.00. The van der Waals surface area contributed by atoms with Crippen LogP contribution in [-0.4, -0.2) is 0 Å². The molecule has 0 aromatic heterocycles. The maximum absolute atomic E-state index is 2.18. The third kappa shape index (κ3) is 711. The van der Waals surface area contributed by atoms with E-state index in [-0.39, 0.29) is 52.0 Å². The second-order valence-electron chi connectivity index (χ2n) is 7.00. The Bertz CT molecular complexity index is 53.3. The summed E-state index contributed by atoms with van der Waals surface area (Å²) in [4.78, 5) is 0. The van der Waals surface area contributed by atoms with Gasteiger partial charge in [0.25, 0.3) is 0 Å². The third-order valence-electron chi connectivity index (χ3n) is 3.50. The second kappa shape index (κ2) is 189. The molecule has 0 aliphatic carbocycles. The first-order valence-electron chi connectivity index (χ1n) is 13.4. The maximum Gasteiger partial charge on any atom is -0.0564 e. The van der Waals surface area contributed by atoms with Gasteiger partial charge in [0, 0.05) is 0 Å². The molecule has 0 aliphatic heterocycles. The highest BCUT2D eigenvalue weighted by atomic mass is 13.7. The molecule has 0 spiro atoms. The highest BCUT2D eigenvalue weighted by Crippen LogP contribution is 1.79. The summed E-state index contributed by atoms with van der Waals surface area (Å²) in [6.07, 6.45) is 18.5. The van der Waals surface area contributed by atoms with Gasteiger partial charge in [0.1, 0.15) is 0 Å². The smallest absolute Gasteiger partial charge is 0.0564 e. The Kier molecular flexibility index (Phi) is 495. The van der Waals surface area contributed by atoms with Crippen LogP contribution < -0.4 is 0 Å². The first-order valence-corrected chi connectivity index (χ1v) is 13.4. The molecule has 0 unspecified atom stereocenters. The highest BCUT2D eigenvalue weighted by Gasteiger charge is 1.58. The molecule has 0 bridgehead atoms. The van der Waals surface area contributed by atoms with Crippen molar-refractivity contribution in [1.29, 1.82) is 0 Å². The van der Waals surface area contributed by atoms with Crippen molar-refractivity contribution in [3.05, 3.63) is 0 Å². The van der Waals surface area contributed by atoms with Crippen LogP contribution in [0.1, 0.15) is 239 Å². The van der Waals surface area contributed by atoms with Gasteiger partial charge < -0.3 is 0 Å². The van der Waals surface area contributed by atoms with Crippen molar-refractivity contribution >= 4 is 0 Å². The highest BCUT2D eigenvalue weighted by molar-refractivity contribution is 4.15. The lowest BCUT2D eigenvalue weighted by Crippen LogP contribution is -1.47. The summed E-state index contributed by atoms with van der Waals surface area (Å²) < 4.78 is 0. The van der Waals surface area contributed by atoms with Crippen LogP contribution in [0.5, 0.6) is 0 Å². The van der Waals surface area contributed by atoms with Gasteiger partial charge in [0.2, 0.25) is 0 Å². The van der Waals surface area contributed by atoms with Gasteiger partial charge in [-0.25, -0.2) is 0 Å². The van der Waals surface area contributed by atoms with Gasteiger partial charge in [-0.3, -0.25) is 0 Å². The van der Waals surface area contributed by atoms with Crippen LogP contribution in [0.3, 0.4) is 0 Å². The van der Waals surface area contributed by atoms with E-state index in [2.05, 4.69) is 96.9 Å². The predicted octanol–water partition coefficient (Wildman–Crippen LogP) is 17.1. The topological polar surface area (TPSA) is 0 Å². The van der Waals surface area contributed by atoms with Crippen LogP contribution in [0.25, 0.3) is 0 Å². The molecular formula is C35H98. The molecule has 0 heteroatoms. The zero-order chi connectivity index (χ0) is 23.9. The van der Waals surface area contributed by atoms with Gasteiger partial charge in [-0.15, -0.1) is 0 Å². The number of hydrogen-bond acceptors (Lipinski definition) is 0. The summed E-state index contributed by atoms with van der Waals surface area (Å²) in [5.41, 5.74) is 0. The molecule has 0 saturated carbocycles. The van der Waals surface area contributed by atoms with E-state index in [0.29, 0.717) is 0 Å². The molecule has 35 heavy (non-hydrogen) atoms.